The first-order valence-corrected chi connectivity index (χ1v) is 2.76. The molecule has 0 aromatic carbocycles. The molecule has 1 N–H and O–H groups in total. The normalized spacial score (nSPS) is 11.9. The van der Waals surface area contributed by atoms with Gasteiger partial charge in [0.25, 0.3) is 0 Å². The summed E-state index contributed by atoms with van der Waals surface area (Å²) in [5.74, 6) is 0.471. The maximum absolute atomic E-state index is 8.35. The van der Waals surface area contributed by atoms with Crippen LogP contribution in [-0.2, 0) is 0 Å². The lowest BCUT2D eigenvalue weighted by Gasteiger charge is -1.86. The van der Waals surface area contributed by atoms with E-state index in [1.54, 1.807) is 12.1 Å². The molecule has 2 nitrogen and oxygen atoms in total. The van der Waals surface area contributed by atoms with E-state index in [0.717, 1.165) is 6.26 Å². The van der Waals surface area contributed by atoms with Crippen LogP contribution in [0.25, 0.3) is 5.03 Å². The molecule has 0 amide bonds. The van der Waals surface area contributed by atoms with E-state index in [9.17, 15) is 0 Å². The van der Waals surface area contributed by atoms with Crippen molar-refractivity contribution in [3.63, 3.8) is 0 Å². The second-order valence-electron chi connectivity index (χ2n) is 1.45. The van der Waals surface area contributed by atoms with Crippen molar-refractivity contribution in [1.82, 2.24) is 0 Å². The fourth-order valence-corrected chi connectivity index (χ4v) is 0.586. The Hall–Kier alpha value is -0.890. The predicted molar refractivity (Wildman–Crippen MR) is 35.2 cm³/mol. The monoisotopic (exact) mass is 144 g/mol. The Balaban J connectivity index is 2.90. The van der Waals surface area contributed by atoms with Gasteiger partial charge in [-0.25, -0.2) is 0 Å². The van der Waals surface area contributed by atoms with Crippen LogP contribution >= 0.6 is 11.6 Å². The van der Waals surface area contributed by atoms with Crippen LogP contribution < -0.4 is 0 Å². The quantitative estimate of drug-likeness (QED) is 0.614. The molecule has 0 fully saturated rings. The third-order valence-electron chi connectivity index (χ3n) is 0.870. The maximum atomic E-state index is 8.35. The molecule has 0 bridgehead atoms. The van der Waals surface area contributed by atoms with E-state index in [4.69, 9.17) is 21.1 Å². The molecule has 48 valence electrons. The molecule has 0 unspecified atom stereocenters. The minimum atomic E-state index is 0.208. The first-order chi connectivity index (χ1) is 4.34. The third kappa shape index (κ3) is 1.27. The van der Waals surface area contributed by atoms with Crippen LogP contribution in [0, 0.1) is 0 Å². The van der Waals surface area contributed by atoms with Crippen LogP contribution in [0.3, 0.4) is 0 Å². The molecule has 0 saturated carbocycles. The molecule has 0 aliphatic rings. The van der Waals surface area contributed by atoms with E-state index < -0.39 is 0 Å². The first kappa shape index (κ1) is 6.23. The van der Waals surface area contributed by atoms with E-state index in [-0.39, 0.29) is 5.03 Å². The summed E-state index contributed by atoms with van der Waals surface area (Å²) in [6.45, 7) is 0. The number of aliphatic hydroxyl groups is 1. The van der Waals surface area contributed by atoms with Crippen LogP contribution in [0.1, 0.15) is 5.76 Å². The molecule has 0 aliphatic heterocycles. The topological polar surface area (TPSA) is 33.4 Å². The summed E-state index contributed by atoms with van der Waals surface area (Å²) in [7, 11) is 0. The zero-order chi connectivity index (χ0) is 6.69. The highest BCUT2D eigenvalue weighted by Crippen LogP contribution is 2.17. The second kappa shape index (κ2) is 2.60. The summed E-state index contributed by atoms with van der Waals surface area (Å²) >= 11 is 5.45. The third-order valence-corrected chi connectivity index (χ3v) is 1.15. The van der Waals surface area contributed by atoms with Gasteiger partial charge in [-0.3, -0.25) is 0 Å². The number of rotatable bonds is 1. The lowest BCUT2D eigenvalue weighted by molar-refractivity contribution is 0.473. The van der Waals surface area contributed by atoms with Gasteiger partial charge in [-0.15, -0.1) is 0 Å². The van der Waals surface area contributed by atoms with Crippen molar-refractivity contribution in [3.05, 3.63) is 30.4 Å². The molecule has 0 atom stereocenters. The average Bonchev–Trinajstić information content (AvgIpc) is 2.37. The highest BCUT2D eigenvalue weighted by Gasteiger charge is 1.97. The van der Waals surface area contributed by atoms with Crippen LogP contribution in [-0.4, -0.2) is 5.11 Å². The van der Waals surface area contributed by atoms with Gasteiger partial charge in [0.2, 0.25) is 0 Å². The number of hydrogen-bond acceptors (Lipinski definition) is 2. The Labute approximate surface area is 57.4 Å². The standard InChI is InChI=1S/C6H5ClO2/c7-5(4-8)6-2-1-3-9-6/h1-4,8H/b5-4-. The molecule has 0 radical (unpaired) electrons. The predicted octanol–water partition coefficient (Wildman–Crippen LogP) is 2.37. The Morgan fingerprint density at radius 1 is 1.78 bits per heavy atom. The molecule has 9 heavy (non-hydrogen) atoms. The zero-order valence-electron chi connectivity index (χ0n) is 4.54. The Bertz CT molecular complexity index is 201. The molecule has 1 aromatic rings. The van der Waals surface area contributed by atoms with Gasteiger partial charge in [-0.1, -0.05) is 11.6 Å². The van der Waals surface area contributed by atoms with Crippen LogP contribution in [0.4, 0.5) is 0 Å². The van der Waals surface area contributed by atoms with E-state index in [0.29, 0.717) is 5.76 Å². The molecule has 1 aromatic heterocycles. The summed E-state index contributed by atoms with van der Waals surface area (Å²) < 4.78 is 4.83. The van der Waals surface area contributed by atoms with Crippen LogP contribution in [0.2, 0.25) is 0 Å². The minimum Gasteiger partial charge on any atom is -0.514 e. The van der Waals surface area contributed by atoms with Gasteiger partial charge in [0.1, 0.15) is 17.1 Å². The highest BCUT2D eigenvalue weighted by molar-refractivity contribution is 6.48. The molecule has 3 heteroatoms. The Morgan fingerprint density at radius 3 is 3.00 bits per heavy atom. The van der Waals surface area contributed by atoms with Crippen molar-refractivity contribution in [1.29, 1.82) is 0 Å². The number of furan rings is 1. The molecular weight excluding hydrogens is 140 g/mol. The lowest BCUT2D eigenvalue weighted by Crippen LogP contribution is -1.67. The SMILES string of the molecule is O/C=C(\Cl)c1ccco1. The average molecular weight is 145 g/mol. The van der Waals surface area contributed by atoms with Gasteiger partial charge in [0.05, 0.1) is 6.26 Å². The molecule has 0 saturated heterocycles. The molecule has 1 heterocycles. The molecule has 0 spiro atoms. The fraction of sp³-hybridized carbons (Fsp3) is 0. The van der Waals surface area contributed by atoms with Crippen molar-refractivity contribution < 1.29 is 9.52 Å². The second-order valence-corrected chi connectivity index (χ2v) is 1.86. The van der Waals surface area contributed by atoms with Crippen molar-refractivity contribution in [2.24, 2.45) is 0 Å². The van der Waals surface area contributed by atoms with Gasteiger partial charge in [0, 0.05) is 0 Å². The molecule has 1 rings (SSSR count). The minimum absolute atomic E-state index is 0.208. The summed E-state index contributed by atoms with van der Waals surface area (Å²) in [6, 6.07) is 3.36. The van der Waals surface area contributed by atoms with E-state index in [1.165, 1.54) is 6.26 Å². The van der Waals surface area contributed by atoms with Gasteiger partial charge in [-0.05, 0) is 12.1 Å². The van der Waals surface area contributed by atoms with Gasteiger partial charge in [0.15, 0.2) is 0 Å². The summed E-state index contributed by atoms with van der Waals surface area (Å²) in [5, 5.41) is 8.56. The summed E-state index contributed by atoms with van der Waals surface area (Å²) in [4.78, 5) is 0. The Kier molecular flexibility index (Phi) is 1.80. The van der Waals surface area contributed by atoms with E-state index in [1.807, 2.05) is 0 Å². The van der Waals surface area contributed by atoms with Crippen molar-refractivity contribution >= 4 is 16.6 Å². The van der Waals surface area contributed by atoms with E-state index >= 15 is 0 Å². The molecule has 0 aliphatic carbocycles. The number of hydrogen-bond donors (Lipinski definition) is 1. The van der Waals surface area contributed by atoms with Crippen molar-refractivity contribution in [2.45, 2.75) is 0 Å². The first-order valence-electron chi connectivity index (χ1n) is 2.38. The lowest BCUT2D eigenvalue weighted by atomic mass is 10.4. The maximum Gasteiger partial charge on any atom is 0.148 e. The summed E-state index contributed by atoms with van der Waals surface area (Å²) in [5.41, 5.74) is 0. The Morgan fingerprint density at radius 2 is 2.56 bits per heavy atom. The highest BCUT2D eigenvalue weighted by atomic mass is 35.5. The van der Waals surface area contributed by atoms with Crippen molar-refractivity contribution in [2.75, 3.05) is 0 Å². The molecular formula is C6H5ClO2. The van der Waals surface area contributed by atoms with E-state index in [2.05, 4.69) is 0 Å². The van der Waals surface area contributed by atoms with Crippen molar-refractivity contribution in [3.8, 4) is 0 Å². The van der Waals surface area contributed by atoms with Crippen LogP contribution in [0.5, 0.6) is 0 Å². The van der Waals surface area contributed by atoms with Gasteiger partial charge in [-0.2, -0.15) is 0 Å². The van der Waals surface area contributed by atoms with Gasteiger partial charge >= 0.3 is 0 Å². The zero-order valence-corrected chi connectivity index (χ0v) is 5.30. The largest absolute Gasteiger partial charge is 0.514 e. The summed E-state index contributed by atoms with van der Waals surface area (Å²) in [6.07, 6.45) is 2.28. The van der Waals surface area contributed by atoms with Crippen LogP contribution in [0.15, 0.2) is 29.1 Å². The fourth-order valence-electron chi connectivity index (χ4n) is 0.478. The number of aliphatic hydroxyl groups excluding tert-OH is 1. The number of halogens is 1. The smallest absolute Gasteiger partial charge is 0.148 e. The van der Waals surface area contributed by atoms with Gasteiger partial charge < -0.3 is 9.52 Å².